The number of halogens is 1. The summed E-state index contributed by atoms with van der Waals surface area (Å²) in [5, 5.41) is 2.90. The fraction of sp³-hybridized carbons (Fsp3) is 0.273. The Morgan fingerprint density at radius 2 is 1.94 bits per heavy atom. The van der Waals surface area contributed by atoms with Crippen LogP contribution >= 0.6 is 11.6 Å². The Kier molecular flexibility index (Phi) is 4.34. The van der Waals surface area contributed by atoms with Gasteiger partial charge in [0.25, 0.3) is 0 Å². The first-order chi connectivity index (χ1) is 7.99. The van der Waals surface area contributed by atoms with Crippen molar-refractivity contribution in [2.45, 2.75) is 6.92 Å². The van der Waals surface area contributed by atoms with Crippen molar-refractivity contribution in [2.24, 2.45) is 0 Å². The van der Waals surface area contributed by atoms with Crippen LogP contribution in [0.25, 0.3) is 0 Å². The molecule has 5 nitrogen and oxygen atoms in total. The smallest absolute Gasteiger partial charge is 0.396 e. The molecule has 1 amide bonds. The Balaban J connectivity index is 3.01. The molecule has 0 heterocycles. The molecule has 0 radical (unpaired) electrons. The van der Waals surface area contributed by atoms with Crippen molar-refractivity contribution >= 4 is 29.2 Å². The Morgan fingerprint density at radius 3 is 2.47 bits per heavy atom. The average Bonchev–Trinajstić information content (AvgIpc) is 2.32. The van der Waals surface area contributed by atoms with Crippen LogP contribution in [0.4, 0.5) is 5.69 Å². The lowest BCUT2D eigenvalue weighted by atomic mass is 10.2. The Bertz CT molecular complexity index is 459. The number of nitrogens with one attached hydrogen (secondary N) is 1. The van der Waals surface area contributed by atoms with Crippen LogP contribution in [-0.4, -0.2) is 26.1 Å². The van der Waals surface area contributed by atoms with Gasteiger partial charge in [-0.2, -0.15) is 0 Å². The molecule has 6 heteroatoms. The number of esters is 1. The van der Waals surface area contributed by atoms with Crippen LogP contribution in [-0.2, 0) is 14.3 Å². The number of benzene rings is 1. The van der Waals surface area contributed by atoms with Gasteiger partial charge in [-0.25, -0.2) is 4.79 Å². The van der Waals surface area contributed by atoms with Crippen molar-refractivity contribution in [1.82, 2.24) is 0 Å². The molecule has 17 heavy (non-hydrogen) atoms. The molecule has 0 saturated heterocycles. The summed E-state index contributed by atoms with van der Waals surface area (Å²) >= 11 is 5.91. The lowest BCUT2D eigenvalue weighted by Crippen LogP contribution is -2.24. The molecule has 0 unspecified atom stereocenters. The molecule has 1 aromatic rings. The molecular weight excluding hydrogens is 246 g/mol. The van der Waals surface area contributed by atoms with Gasteiger partial charge in [0.05, 0.1) is 19.9 Å². The summed E-state index contributed by atoms with van der Waals surface area (Å²) in [6.07, 6.45) is 0. The number of methoxy groups -OCH3 is 2. The summed E-state index contributed by atoms with van der Waals surface area (Å²) in [5.74, 6) is -1.47. The first kappa shape index (κ1) is 13.3. The Labute approximate surface area is 104 Å². The number of amides is 1. The van der Waals surface area contributed by atoms with Gasteiger partial charge in [-0.3, -0.25) is 4.79 Å². The van der Waals surface area contributed by atoms with Gasteiger partial charge in [-0.1, -0.05) is 11.6 Å². The summed E-state index contributed by atoms with van der Waals surface area (Å²) < 4.78 is 9.34. The summed E-state index contributed by atoms with van der Waals surface area (Å²) in [6.45, 7) is 1.77. The van der Waals surface area contributed by atoms with E-state index in [0.717, 1.165) is 12.7 Å². The number of carbonyl (C=O) groups excluding carboxylic acids is 2. The molecule has 0 aliphatic heterocycles. The highest BCUT2D eigenvalue weighted by molar-refractivity contribution is 6.37. The van der Waals surface area contributed by atoms with Crippen molar-refractivity contribution < 1.29 is 19.1 Å². The highest BCUT2D eigenvalue weighted by Gasteiger charge is 2.16. The fourth-order valence-corrected chi connectivity index (χ4v) is 1.35. The Morgan fingerprint density at radius 1 is 1.29 bits per heavy atom. The molecule has 0 fully saturated rings. The van der Waals surface area contributed by atoms with Crippen LogP contribution in [0.15, 0.2) is 12.1 Å². The molecule has 0 bridgehead atoms. The topological polar surface area (TPSA) is 64.6 Å². The molecule has 1 N–H and O–H groups in total. The summed E-state index contributed by atoms with van der Waals surface area (Å²) in [7, 11) is 2.57. The highest BCUT2D eigenvalue weighted by atomic mass is 35.5. The molecule has 1 aromatic carbocycles. The van der Waals surface area contributed by atoms with E-state index in [1.807, 2.05) is 0 Å². The van der Waals surface area contributed by atoms with E-state index in [4.69, 9.17) is 16.3 Å². The number of rotatable bonds is 2. The highest BCUT2D eigenvalue weighted by Crippen LogP contribution is 2.30. The average molecular weight is 258 g/mol. The maximum absolute atomic E-state index is 11.3. The van der Waals surface area contributed by atoms with Crippen LogP contribution in [0.1, 0.15) is 5.56 Å². The third-order valence-electron chi connectivity index (χ3n) is 2.10. The van der Waals surface area contributed by atoms with E-state index in [9.17, 15) is 9.59 Å². The van der Waals surface area contributed by atoms with Gasteiger partial charge in [-0.05, 0) is 18.6 Å². The third kappa shape index (κ3) is 3.10. The van der Waals surface area contributed by atoms with Gasteiger partial charge in [-0.15, -0.1) is 0 Å². The van der Waals surface area contributed by atoms with Crippen molar-refractivity contribution in [1.29, 1.82) is 0 Å². The van der Waals surface area contributed by atoms with E-state index >= 15 is 0 Å². The summed E-state index contributed by atoms with van der Waals surface area (Å²) in [5.41, 5.74) is 1.12. The molecule has 0 atom stereocenters. The standard InChI is InChI=1S/C11H12ClNO4/c1-6-4-8(9(16-2)5-7(6)12)13-10(14)11(15)17-3/h4-5H,1-3H3,(H,13,14). The molecule has 0 aliphatic carbocycles. The lowest BCUT2D eigenvalue weighted by molar-refractivity contribution is -0.150. The monoisotopic (exact) mass is 257 g/mol. The number of anilines is 1. The minimum Gasteiger partial charge on any atom is -0.495 e. The van der Waals surface area contributed by atoms with Crippen molar-refractivity contribution in [3.8, 4) is 5.75 Å². The van der Waals surface area contributed by atoms with E-state index in [1.54, 1.807) is 19.1 Å². The van der Waals surface area contributed by atoms with Gasteiger partial charge < -0.3 is 14.8 Å². The van der Waals surface area contributed by atoms with Gasteiger partial charge in [0.1, 0.15) is 5.75 Å². The van der Waals surface area contributed by atoms with Gasteiger partial charge in [0.2, 0.25) is 0 Å². The summed E-state index contributed by atoms with van der Waals surface area (Å²) in [4.78, 5) is 22.3. The number of hydrogen-bond acceptors (Lipinski definition) is 4. The van der Waals surface area contributed by atoms with Crippen molar-refractivity contribution in [3.05, 3.63) is 22.7 Å². The van der Waals surface area contributed by atoms with E-state index < -0.39 is 11.9 Å². The second-order valence-electron chi connectivity index (χ2n) is 3.25. The van der Waals surface area contributed by atoms with Crippen LogP contribution in [0.2, 0.25) is 5.02 Å². The molecule has 0 aromatic heterocycles. The van der Waals surface area contributed by atoms with Gasteiger partial charge in [0, 0.05) is 11.1 Å². The normalized spacial score (nSPS) is 9.65. The Hall–Kier alpha value is -1.75. The number of carbonyl (C=O) groups is 2. The largest absolute Gasteiger partial charge is 0.495 e. The second-order valence-corrected chi connectivity index (χ2v) is 3.65. The van der Waals surface area contributed by atoms with E-state index in [-0.39, 0.29) is 0 Å². The number of hydrogen-bond donors (Lipinski definition) is 1. The first-order valence-corrected chi connectivity index (χ1v) is 5.10. The van der Waals surface area contributed by atoms with Gasteiger partial charge in [0.15, 0.2) is 0 Å². The van der Waals surface area contributed by atoms with Crippen LogP contribution in [0, 0.1) is 6.92 Å². The molecule has 1 rings (SSSR count). The molecular formula is C11H12ClNO4. The van der Waals surface area contributed by atoms with Crippen LogP contribution in [0.5, 0.6) is 5.75 Å². The van der Waals surface area contributed by atoms with E-state index in [0.29, 0.717) is 16.5 Å². The number of ether oxygens (including phenoxy) is 2. The fourth-order valence-electron chi connectivity index (χ4n) is 1.20. The number of aryl methyl sites for hydroxylation is 1. The third-order valence-corrected chi connectivity index (χ3v) is 2.51. The zero-order valence-corrected chi connectivity index (χ0v) is 10.4. The maximum atomic E-state index is 11.3. The zero-order valence-electron chi connectivity index (χ0n) is 9.67. The SMILES string of the molecule is COC(=O)C(=O)Nc1cc(C)c(Cl)cc1OC. The zero-order chi connectivity index (χ0) is 13.0. The predicted molar refractivity (Wildman–Crippen MR) is 63.4 cm³/mol. The second kappa shape index (κ2) is 5.54. The van der Waals surface area contributed by atoms with Crippen molar-refractivity contribution in [3.63, 3.8) is 0 Å². The molecule has 0 saturated carbocycles. The van der Waals surface area contributed by atoms with Crippen LogP contribution < -0.4 is 10.1 Å². The minimum atomic E-state index is -0.973. The van der Waals surface area contributed by atoms with Gasteiger partial charge >= 0.3 is 11.9 Å². The summed E-state index contributed by atoms with van der Waals surface area (Å²) in [6, 6.07) is 3.17. The predicted octanol–water partition coefficient (Wildman–Crippen LogP) is 1.77. The van der Waals surface area contributed by atoms with E-state index in [1.165, 1.54) is 7.11 Å². The quantitative estimate of drug-likeness (QED) is 0.648. The molecule has 0 aliphatic rings. The van der Waals surface area contributed by atoms with E-state index in [2.05, 4.69) is 10.1 Å². The minimum absolute atomic E-state index is 0.366. The molecule has 0 spiro atoms. The van der Waals surface area contributed by atoms with Crippen molar-refractivity contribution in [2.75, 3.05) is 19.5 Å². The first-order valence-electron chi connectivity index (χ1n) is 4.73. The maximum Gasteiger partial charge on any atom is 0.396 e. The molecule has 92 valence electrons. The van der Waals surface area contributed by atoms with Crippen LogP contribution in [0.3, 0.4) is 0 Å². The lowest BCUT2D eigenvalue weighted by Gasteiger charge is -2.11.